The highest BCUT2D eigenvalue weighted by Gasteiger charge is 2.12. The highest BCUT2D eigenvalue weighted by atomic mass is 16.5. The van der Waals surface area contributed by atoms with E-state index in [1.54, 1.807) is 0 Å². The molecule has 0 aliphatic rings. The van der Waals surface area contributed by atoms with Crippen LogP contribution in [-0.2, 0) is 6.54 Å². The largest absolute Gasteiger partial charge is 0.493 e. The lowest BCUT2D eigenvalue weighted by Crippen LogP contribution is -2.40. The Hall–Kier alpha value is -1.10. The molecule has 0 radical (unpaired) electrons. The Labute approximate surface area is 129 Å². The molecule has 0 bridgehead atoms. The fourth-order valence-electron chi connectivity index (χ4n) is 2.60. The van der Waals surface area contributed by atoms with Gasteiger partial charge in [-0.15, -0.1) is 0 Å². The second-order valence-corrected chi connectivity index (χ2v) is 5.75. The number of nitrogens with zero attached hydrogens (tertiary/aromatic N) is 2. The van der Waals surface area contributed by atoms with E-state index in [9.17, 15) is 0 Å². The standard InChI is InChI=1S/C17H31N3O/c1-5-20(15(2)14-19(3)4)11-8-12-21-17-10-7-6-9-16(17)13-18/h6-7,9-10,15H,5,8,11-14,18H2,1-4H3. The molecule has 1 aromatic carbocycles. The summed E-state index contributed by atoms with van der Waals surface area (Å²) in [4.78, 5) is 4.74. The zero-order valence-corrected chi connectivity index (χ0v) is 14.0. The molecule has 1 unspecified atom stereocenters. The van der Waals surface area contributed by atoms with Gasteiger partial charge in [0.05, 0.1) is 6.61 Å². The zero-order chi connectivity index (χ0) is 15.7. The Bertz CT molecular complexity index is 395. The maximum absolute atomic E-state index is 5.87. The first kappa shape index (κ1) is 18.0. The van der Waals surface area contributed by atoms with Crippen molar-refractivity contribution >= 4 is 0 Å². The van der Waals surface area contributed by atoms with Crippen LogP contribution < -0.4 is 10.5 Å². The van der Waals surface area contributed by atoms with Crippen molar-refractivity contribution in [3.8, 4) is 5.75 Å². The molecule has 0 fully saturated rings. The van der Waals surface area contributed by atoms with Crippen LogP contribution >= 0.6 is 0 Å². The molecule has 4 nitrogen and oxygen atoms in total. The van der Waals surface area contributed by atoms with Crippen molar-refractivity contribution in [2.75, 3.05) is 40.3 Å². The number of hydrogen-bond donors (Lipinski definition) is 1. The summed E-state index contributed by atoms with van der Waals surface area (Å²) >= 11 is 0. The third-order valence-electron chi connectivity index (χ3n) is 3.70. The van der Waals surface area contributed by atoms with Gasteiger partial charge in [-0.3, -0.25) is 4.90 Å². The predicted molar refractivity (Wildman–Crippen MR) is 89.7 cm³/mol. The number of para-hydroxylation sites is 1. The van der Waals surface area contributed by atoms with Gasteiger partial charge in [-0.1, -0.05) is 25.1 Å². The van der Waals surface area contributed by atoms with Crippen molar-refractivity contribution in [1.29, 1.82) is 0 Å². The van der Waals surface area contributed by atoms with Gasteiger partial charge in [0.15, 0.2) is 0 Å². The van der Waals surface area contributed by atoms with Crippen LogP contribution in [0.4, 0.5) is 0 Å². The number of nitrogens with two attached hydrogens (primary N) is 1. The molecule has 21 heavy (non-hydrogen) atoms. The Balaban J connectivity index is 2.35. The Morgan fingerprint density at radius 3 is 2.57 bits per heavy atom. The molecule has 2 N–H and O–H groups in total. The summed E-state index contributed by atoms with van der Waals surface area (Å²) in [6.45, 7) is 9.00. The number of hydrogen-bond acceptors (Lipinski definition) is 4. The van der Waals surface area contributed by atoms with Crippen molar-refractivity contribution < 1.29 is 4.74 Å². The van der Waals surface area contributed by atoms with E-state index in [0.29, 0.717) is 12.6 Å². The number of ether oxygens (including phenoxy) is 1. The lowest BCUT2D eigenvalue weighted by atomic mass is 10.2. The maximum Gasteiger partial charge on any atom is 0.123 e. The topological polar surface area (TPSA) is 41.7 Å². The molecule has 120 valence electrons. The van der Waals surface area contributed by atoms with Crippen LogP contribution in [0.25, 0.3) is 0 Å². The van der Waals surface area contributed by atoms with Crippen LogP contribution in [0.2, 0.25) is 0 Å². The van der Waals surface area contributed by atoms with Crippen LogP contribution in [0.1, 0.15) is 25.8 Å². The molecule has 1 aromatic rings. The minimum absolute atomic E-state index is 0.525. The van der Waals surface area contributed by atoms with E-state index in [1.165, 1.54) is 0 Å². The van der Waals surface area contributed by atoms with Gasteiger partial charge in [0.25, 0.3) is 0 Å². The number of benzene rings is 1. The quantitative estimate of drug-likeness (QED) is 0.672. The minimum Gasteiger partial charge on any atom is -0.493 e. The molecule has 0 spiro atoms. The lowest BCUT2D eigenvalue weighted by molar-refractivity contribution is 0.168. The van der Waals surface area contributed by atoms with Crippen molar-refractivity contribution in [3.63, 3.8) is 0 Å². The first-order valence-electron chi connectivity index (χ1n) is 7.88. The molecule has 1 atom stereocenters. The van der Waals surface area contributed by atoms with Crippen molar-refractivity contribution in [2.24, 2.45) is 5.73 Å². The first-order valence-corrected chi connectivity index (χ1v) is 7.88. The molecule has 0 aromatic heterocycles. The second-order valence-electron chi connectivity index (χ2n) is 5.75. The van der Waals surface area contributed by atoms with E-state index in [1.807, 2.05) is 24.3 Å². The summed E-state index contributed by atoms with van der Waals surface area (Å²) < 4.78 is 5.87. The number of rotatable bonds is 10. The van der Waals surface area contributed by atoms with E-state index >= 15 is 0 Å². The van der Waals surface area contributed by atoms with Crippen LogP contribution in [0.5, 0.6) is 5.75 Å². The fourth-order valence-corrected chi connectivity index (χ4v) is 2.60. The van der Waals surface area contributed by atoms with Gasteiger partial charge in [-0.25, -0.2) is 0 Å². The van der Waals surface area contributed by atoms with E-state index in [4.69, 9.17) is 10.5 Å². The molecule has 0 saturated heterocycles. The first-order chi connectivity index (χ1) is 10.1. The van der Waals surface area contributed by atoms with Gasteiger partial charge >= 0.3 is 0 Å². The number of likely N-dealkylation sites (N-methyl/N-ethyl adjacent to an activating group) is 2. The second kappa shape index (κ2) is 9.77. The van der Waals surface area contributed by atoms with E-state index in [0.717, 1.165) is 44.0 Å². The summed E-state index contributed by atoms with van der Waals surface area (Å²) in [5.41, 5.74) is 6.79. The van der Waals surface area contributed by atoms with E-state index in [2.05, 4.69) is 37.7 Å². The zero-order valence-electron chi connectivity index (χ0n) is 14.0. The SMILES string of the molecule is CCN(CCCOc1ccccc1CN)C(C)CN(C)C. The highest BCUT2D eigenvalue weighted by molar-refractivity contribution is 5.32. The van der Waals surface area contributed by atoms with Gasteiger partial charge in [-0.2, -0.15) is 0 Å². The molecular weight excluding hydrogens is 262 g/mol. The summed E-state index contributed by atoms with van der Waals surface area (Å²) in [5.74, 6) is 0.921. The van der Waals surface area contributed by atoms with Crippen LogP contribution in [0.3, 0.4) is 0 Å². The Morgan fingerprint density at radius 2 is 1.95 bits per heavy atom. The highest BCUT2D eigenvalue weighted by Crippen LogP contribution is 2.17. The van der Waals surface area contributed by atoms with Crippen LogP contribution in [0.15, 0.2) is 24.3 Å². The summed E-state index contributed by atoms with van der Waals surface area (Å²) in [7, 11) is 4.24. The van der Waals surface area contributed by atoms with Gasteiger partial charge in [0.1, 0.15) is 5.75 Å². The van der Waals surface area contributed by atoms with Gasteiger partial charge in [-0.05, 0) is 40.1 Å². The van der Waals surface area contributed by atoms with Gasteiger partial charge in [0, 0.05) is 31.2 Å². The Kier molecular flexibility index (Phi) is 8.35. The third kappa shape index (κ3) is 6.46. The molecule has 0 aliphatic heterocycles. The van der Waals surface area contributed by atoms with Gasteiger partial charge in [0.2, 0.25) is 0 Å². The lowest BCUT2D eigenvalue weighted by Gasteiger charge is -2.29. The minimum atomic E-state index is 0.525. The van der Waals surface area contributed by atoms with Gasteiger partial charge < -0.3 is 15.4 Å². The molecule has 1 rings (SSSR count). The maximum atomic E-state index is 5.87. The fraction of sp³-hybridized carbons (Fsp3) is 0.647. The van der Waals surface area contributed by atoms with Crippen LogP contribution in [-0.4, -0.2) is 56.2 Å². The molecule has 0 saturated carbocycles. The third-order valence-corrected chi connectivity index (χ3v) is 3.70. The molecule has 0 amide bonds. The average molecular weight is 293 g/mol. The normalized spacial score (nSPS) is 12.9. The smallest absolute Gasteiger partial charge is 0.123 e. The van der Waals surface area contributed by atoms with Crippen molar-refractivity contribution in [3.05, 3.63) is 29.8 Å². The van der Waals surface area contributed by atoms with Crippen LogP contribution in [0, 0.1) is 0 Å². The average Bonchev–Trinajstić information content (AvgIpc) is 2.46. The summed E-state index contributed by atoms with van der Waals surface area (Å²) in [6, 6.07) is 8.57. The molecule has 0 heterocycles. The predicted octanol–water partition coefficient (Wildman–Crippen LogP) is 2.19. The molecular formula is C17H31N3O. The summed E-state index contributed by atoms with van der Waals surface area (Å²) in [6.07, 6.45) is 1.03. The monoisotopic (exact) mass is 293 g/mol. The summed E-state index contributed by atoms with van der Waals surface area (Å²) in [5, 5.41) is 0. The molecule has 4 heteroatoms. The van der Waals surface area contributed by atoms with E-state index in [-0.39, 0.29) is 0 Å². The van der Waals surface area contributed by atoms with Crippen molar-refractivity contribution in [2.45, 2.75) is 32.9 Å². The molecule has 0 aliphatic carbocycles. The van der Waals surface area contributed by atoms with E-state index < -0.39 is 0 Å². The Morgan fingerprint density at radius 1 is 1.24 bits per heavy atom. The van der Waals surface area contributed by atoms with Crippen molar-refractivity contribution in [1.82, 2.24) is 9.80 Å².